The second-order valence-electron chi connectivity index (χ2n) is 10.9. The van der Waals surface area contributed by atoms with E-state index in [0.717, 1.165) is 39.0 Å². The summed E-state index contributed by atoms with van der Waals surface area (Å²) in [6.07, 6.45) is 0. The summed E-state index contributed by atoms with van der Waals surface area (Å²) >= 11 is 1.87. The maximum absolute atomic E-state index is 6.55. The molecule has 2 aromatic heterocycles. The second-order valence-corrected chi connectivity index (χ2v) is 12.0. The molecule has 0 N–H and O–H groups in total. The molecular formula is C40H25NOS. The summed E-state index contributed by atoms with van der Waals surface area (Å²) in [7, 11) is 0. The van der Waals surface area contributed by atoms with E-state index in [1.165, 1.54) is 42.1 Å². The highest BCUT2D eigenvalue weighted by atomic mass is 32.1. The van der Waals surface area contributed by atoms with Gasteiger partial charge >= 0.3 is 0 Å². The lowest BCUT2D eigenvalue weighted by molar-refractivity contribution is 0.669. The molecule has 202 valence electrons. The van der Waals surface area contributed by atoms with E-state index in [1.807, 2.05) is 23.5 Å². The Morgan fingerprint density at radius 3 is 2.05 bits per heavy atom. The van der Waals surface area contributed by atoms with Crippen molar-refractivity contribution in [1.29, 1.82) is 0 Å². The van der Waals surface area contributed by atoms with Crippen LogP contribution in [0.25, 0.3) is 64.0 Å². The van der Waals surface area contributed by atoms with Crippen LogP contribution in [0.2, 0.25) is 0 Å². The minimum atomic E-state index is 0.887. The summed E-state index contributed by atoms with van der Waals surface area (Å²) in [4.78, 5) is 2.33. The van der Waals surface area contributed by atoms with Crippen LogP contribution in [-0.2, 0) is 0 Å². The molecule has 9 rings (SSSR count). The van der Waals surface area contributed by atoms with Gasteiger partial charge in [0.25, 0.3) is 0 Å². The van der Waals surface area contributed by atoms with Crippen LogP contribution in [0.5, 0.6) is 0 Å². The van der Waals surface area contributed by atoms with Crippen molar-refractivity contribution in [3.63, 3.8) is 0 Å². The number of hydrogen-bond donors (Lipinski definition) is 0. The number of para-hydroxylation sites is 2. The highest BCUT2D eigenvalue weighted by molar-refractivity contribution is 7.26. The van der Waals surface area contributed by atoms with Gasteiger partial charge in [0.15, 0.2) is 5.58 Å². The number of hydrogen-bond acceptors (Lipinski definition) is 3. The highest BCUT2D eigenvalue weighted by Gasteiger charge is 2.20. The smallest absolute Gasteiger partial charge is 0.159 e. The molecule has 3 heteroatoms. The Kier molecular flexibility index (Phi) is 5.40. The molecule has 0 aliphatic heterocycles. The van der Waals surface area contributed by atoms with Gasteiger partial charge in [-0.25, -0.2) is 0 Å². The SMILES string of the molecule is c1ccc(-c2ccc(N(c3ccc4c(c3)sc3c5ccccc5ccc43)c3cccc4c3oc3ccccc34)cc2)cc1. The third kappa shape index (κ3) is 3.86. The van der Waals surface area contributed by atoms with Crippen LogP contribution in [0.3, 0.4) is 0 Å². The van der Waals surface area contributed by atoms with E-state index in [-0.39, 0.29) is 0 Å². The number of nitrogens with zero attached hydrogens (tertiary/aromatic N) is 1. The van der Waals surface area contributed by atoms with Crippen molar-refractivity contribution in [2.24, 2.45) is 0 Å². The van der Waals surface area contributed by atoms with Crippen LogP contribution < -0.4 is 4.90 Å². The third-order valence-electron chi connectivity index (χ3n) is 8.46. The zero-order chi connectivity index (χ0) is 28.3. The monoisotopic (exact) mass is 567 g/mol. The Balaban J connectivity index is 1.27. The van der Waals surface area contributed by atoms with Gasteiger partial charge in [-0.1, -0.05) is 115 Å². The summed E-state index contributed by atoms with van der Waals surface area (Å²) in [5.41, 5.74) is 7.39. The zero-order valence-corrected chi connectivity index (χ0v) is 24.0. The van der Waals surface area contributed by atoms with Crippen molar-refractivity contribution in [1.82, 2.24) is 0 Å². The van der Waals surface area contributed by atoms with Gasteiger partial charge in [0.2, 0.25) is 0 Å². The van der Waals surface area contributed by atoms with Gasteiger partial charge in [-0.15, -0.1) is 11.3 Å². The van der Waals surface area contributed by atoms with Crippen molar-refractivity contribution in [3.05, 3.63) is 152 Å². The fourth-order valence-corrected chi connectivity index (χ4v) is 7.67. The molecular weight excluding hydrogens is 543 g/mol. The Hall–Kier alpha value is -5.38. The molecule has 43 heavy (non-hydrogen) atoms. The normalized spacial score (nSPS) is 11.7. The summed E-state index contributed by atoms with van der Waals surface area (Å²) in [5.74, 6) is 0. The maximum Gasteiger partial charge on any atom is 0.159 e. The van der Waals surface area contributed by atoms with Crippen LogP contribution in [0.1, 0.15) is 0 Å². The molecule has 0 bridgehead atoms. The standard InChI is InChI=1S/C40H25NOS/c1-2-9-26(10-3-1)27-17-20-29(21-18-27)41(36-15-8-14-34-32-13-6-7-16-37(32)42-39(34)36)30-22-24-33-35-23-19-28-11-4-5-12-31(28)40(35)43-38(33)25-30/h1-25H. The molecule has 0 fully saturated rings. The predicted octanol–water partition coefficient (Wildman–Crippen LogP) is 12.2. The molecule has 0 saturated carbocycles. The number of anilines is 3. The molecule has 0 radical (unpaired) electrons. The van der Waals surface area contributed by atoms with E-state index in [1.54, 1.807) is 0 Å². The first-order valence-corrected chi connectivity index (χ1v) is 15.3. The molecule has 0 amide bonds. The lowest BCUT2D eigenvalue weighted by Gasteiger charge is -2.26. The van der Waals surface area contributed by atoms with Crippen LogP contribution in [0, 0.1) is 0 Å². The molecule has 7 aromatic carbocycles. The lowest BCUT2D eigenvalue weighted by atomic mass is 10.0. The van der Waals surface area contributed by atoms with Crippen LogP contribution in [0.4, 0.5) is 17.1 Å². The van der Waals surface area contributed by atoms with Gasteiger partial charge in [-0.05, 0) is 58.3 Å². The van der Waals surface area contributed by atoms with Gasteiger partial charge in [0.1, 0.15) is 5.58 Å². The van der Waals surface area contributed by atoms with Crippen LogP contribution in [0.15, 0.2) is 156 Å². The minimum absolute atomic E-state index is 0.887. The van der Waals surface area contributed by atoms with Gasteiger partial charge in [-0.2, -0.15) is 0 Å². The maximum atomic E-state index is 6.55. The summed E-state index contributed by atoms with van der Waals surface area (Å²) in [6, 6.07) is 54.2. The average molecular weight is 568 g/mol. The quantitative estimate of drug-likeness (QED) is 0.210. The number of benzene rings is 7. The molecule has 0 saturated heterocycles. The first kappa shape index (κ1) is 24.2. The van der Waals surface area contributed by atoms with E-state index >= 15 is 0 Å². The number of furan rings is 1. The fraction of sp³-hybridized carbons (Fsp3) is 0. The molecule has 0 aliphatic rings. The third-order valence-corrected chi connectivity index (χ3v) is 9.66. The van der Waals surface area contributed by atoms with Crippen molar-refractivity contribution in [3.8, 4) is 11.1 Å². The van der Waals surface area contributed by atoms with Gasteiger partial charge in [0.05, 0.1) is 5.69 Å². The average Bonchev–Trinajstić information content (AvgIpc) is 3.65. The Bertz CT molecular complexity index is 2450. The molecule has 0 aliphatic carbocycles. The number of rotatable bonds is 4. The van der Waals surface area contributed by atoms with Crippen molar-refractivity contribution in [2.75, 3.05) is 4.90 Å². The van der Waals surface area contributed by atoms with E-state index < -0.39 is 0 Å². The molecule has 0 atom stereocenters. The summed E-state index contributed by atoms with van der Waals surface area (Å²) in [6.45, 7) is 0. The highest BCUT2D eigenvalue weighted by Crippen LogP contribution is 2.45. The second kappa shape index (κ2) is 9.59. The van der Waals surface area contributed by atoms with Gasteiger partial charge < -0.3 is 9.32 Å². The molecule has 2 heterocycles. The van der Waals surface area contributed by atoms with Gasteiger partial charge in [-0.3, -0.25) is 0 Å². The van der Waals surface area contributed by atoms with Gasteiger partial charge in [0, 0.05) is 42.3 Å². The lowest BCUT2D eigenvalue weighted by Crippen LogP contribution is -2.10. The van der Waals surface area contributed by atoms with Crippen molar-refractivity contribution < 1.29 is 4.42 Å². The predicted molar refractivity (Wildman–Crippen MR) is 184 cm³/mol. The van der Waals surface area contributed by atoms with Crippen LogP contribution >= 0.6 is 11.3 Å². The molecule has 2 nitrogen and oxygen atoms in total. The summed E-state index contributed by atoms with van der Waals surface area (Å²) in [5, 5.41) is 7.43. The fourth-order valence-electron chi connectivity index (χ4n) is 6.40. The Labute approximate surface area is 252 Å². The number of thiophene rings is 1. The molecule has 0 spiro atoms. The Morgan fingerprint density at radius 2 is 1.16 bits per heavy atom. The topological polar surface area (TPSA) is 16.4 Å². The Morgan fingerprint density at radius 1 is 0.465 bits per heavy atom. The first-order valence-electron chi connectivity index (χ1n) is 14.5. The zero-order valence-electron chi connectivity index (χ0n) is 23.2. The molecule has 0 unspecified atom stereocenters. The van der Waals surface area contributed by atoms with E-state index in [2.05, 4.69) is 144 Å². The van der Waals surface area contributed by atoms with Crippen molar-refractivity contribution >= 4 is 81.3 Å². The van der Waals surface area contributed by atoms with E-state index in [4.69, 9.17) is 4.42 Å². The largest absolute Gasteiger partial charge is 0.454 e. The van der Waals surface area contributed by atoms with E-state index in [9.17, 15) is 0 Å². The first-order chi connectivity index (χ1) is 21.3. The summed E-state index contributed by atoms with van der Waals surface area (Å²) < 4.78 is 9.15. The van der Waals surface area contributed by atoms with E-state index in [0.29, 0.717) is 0 Å². The minimum Gasteiger partial charge on any atom is -0.454 e. The number of fused-ring (bicyclic) bond motifs is 8. The molecule has 9 aromatic rings. The van der Waals surface area contributed by atoms with Crippen molar-refractivity contribution in [2.45, 2.75) is 0 Å². The van der Waals surface area contributed by atoms with Crippen LogP contribution in [-0.4, -0.2) is 0 Å².